The van der Waals surface area contributed by atoms with E-state index in [9.17, 15) is 0 Å². The smallest absolute Gasteiger partial charge is 0.162 e. The van der Waals surface area contributed by atoms with Crippen LogP contribution in [0, 0.1) is 6.07 Å². The van der Waals surface area contributed by atoms with Gasteiger partial charge >= 0.3 is 0 Å². The van der Waals surface area contributed by atoms with Gasteiger partial charge in [-0.15, -0.1) is 0 Å². The molecule has 0 fully saturated rings. The van der Waals surface area contributed by atoms with E-state index in [2.05, 4.69) is 11.2 Å². The summed E-state index contributed by atoms with van der Waals surface area (Å²) >= 11 is 0. The molecule has 1 radical (unpaired) electrons. The van der Waals surface area contributed by atoms with Crippen molar-refractivity contribution in [1.29, 1.82) is 0 Å². The van der Waals surface area contributed by atoms with Crippen molar-refractivity contribution < 1.29 is 9.47 Å². The van der Waals surface area contributed by atoms with Crippen molar-refractivity contribution in [3.8, 4) is 17.2 Å². The molecule has 0 aliphatic carbocycles. The number of aromatic nitrogens is 2. The second-order valence-corrected chi connectivity index (χ2v) is 2.92. The number of benzene rings is 1. The summed E-state index contributed by atoms with van der Waals surface area (Å²) in [6, 6.07) is 8.48. The Morgan fingerprint density at radius 2 is 2.00 bits per heavy atom. The van der Waals surface area contributed by atoms with Crippen LogP contribution < -0.4 is 9.47 Å². The first-order chi connectivity index (χ1) is 7.35. The van der Waals surface area contributed by atoms with Gasteiger partial charge in [-0.1, -0.05) is 0 Å². The molecule has 1 aromatic heterocycles. The highest BCUT2D eigenvalue weighted by atomic mass is 16.5. The molecular formula is C11H11N2O2. The first kappa shape index (κ1) is 9.58. The largest absolute Gasteiger partial charge is 0.493 e. The van der Waals surface area contributed by atoms with Crippen LogP contribution in [0.2, 0.25) is 0 Å². The lowest BCUT2D eigenvalue weighted by Crippen LogP contribution is -1.96. The molecule has 0 amide bonds. The predicted octanol–water partition coefficient (Wildman–Crippen LogP) is 1.69. The number of hydrogen-bond acceptors (Lipinski definition) is 3. The van der Waals surface area contributed by atoms with Gasteiger partial charge in [0.25, 0.3) is 0 Å². The molecule has 0 atom stereocenters. The van der Waals surface area contributed by atoms with E-state index in [0.717, 1.165) is 5.69 Å². The highest BCUT2D eigenvalue weighted by Gasteiger charge is 2.05. The third-order valence-electron chi connectivity index (χ3n) is 2.09. The van der Waals surface area contributed by atoms with E-state index < -0.39 is 0 Å². The highest BCUT2D eigenvalue weighted by molar-refractivity contribution is 5.48. The Bertz CT molecular complexity index is 438. The van der Waals surface area contributed by atoms with E-state index in [1.165, 1.54) is 0 Å². The topological polar surface area (TPSA) is 36.3 Å². The van der Waals surface area contributed by atoms with Gasteiger partial charge in [0.2, 0.25) is 0 Å². The lowest BCUT2D eigenvalue weighted by molar-refractivity contribution is 0.354. The molecule has 15 heavy (non-hydrogen) atoms. The van der Waals surface area contributed by atoms with E-state index in [1.54, 1.807) is 31.3 Å². The number of nitrogens with zero attached hydrogens (tertiary/aromatic N) is 2. The standard InChI is InChI=1S/C11H11N2O2/c1-14-10-5-4-9(8-11(10)15-2)13-7-3-6-12-13/h4-8H,1-2H3. The summed E-state index contributed by atoms with van der Waals surface area (Å²) in [5.41, 5.74) is 0.911. The summed E-state index contributed by atoms with van der Waals surface area (Å²) in [7, 11) is 3.22. The molecule has 1 heterocycles. The Morgan fingerprint density at radius 1 is 1.20 bits per heavy atom. The summed E-state index contributed by atoms with van der Waals surface area (Å²) in [4.78, 5) is 0. The average molecular weight is 203 g/mol. The highest BCUT2D eigenvalue weighted by Crippen LogP contribution is 2.28. The molecule has 0 saturated heterocycles. The molecule has 0 aliphatic heterocycles. The van der Waals surface area contributed by atoms with Crippen LogP contribution in [0.15, 0.2) is 30.6 Å². The van der Waals surface area contributed by atoms with Gasteiger partial charge < -0.3 is 9.47 Å². The van der Waals surface area contributed by atoms with Gasteiger partial charge in [-0.25, -0.2) is 4.68 Å². The SMILES string of the molecule is COc1ccc(-n2c[c]cn2)cc1OC. The van der Waals surface area contributed by atoms with E-state index in [0.29, 0.717) is 11.5 Å². The van der Waals surface area contributed by atoms with E-state index in [-0.39, 0.29) is 0 Å². The monoisotopic (exact) mass is 203 g/mol. The number of ether oxygens (including phenoxy) is 2. The van der Waals surface area contributed by atoms with Crippen LogP contribution in [0.5, 0.6) is 11.5 Å². The van der Waals surface area contributed by atoms with Crippen molar-refractivity contribution in [2.45, 2.75) is 0 Å². The van der Waals surface area contributed by atoms with E-state index >= 15 is 0 Å². The Kier molecular flexibility index (Phi) is 2.58. The van der Waals surface area contributed by atoms with Gasteiger partial charge in [-0.3, -0.25) is 0 Å². The number of methoxy groups -OCH3 is 2. The van der Waals surface area contributed by atoms with Crippen molar-refractivity contribution in [3.05, 3.63) is 36.7 Å². The van der Waals surface area contributed by atoms with Gasteiger partial charge in [0, 0.05) is 18.3 Å². The lowest BCUT2D eigenvalue weighted by Gasteiger charge is -2.09. The Hall–Kier alpha value is -1.97. The molecule has 0 spiro atoms. The van der Waals surface area contributed by atoms with Gasteiger partial charge in [-0.05, 0) is 12.1 Å². The Labute approximate surface area is 88.1 Å². The van der Waals surface area contributed by atoms with Gasteiger partial charge in [-0.2, -0.15) is 5.10 Å². The van der Waals surface area contributed by atoms with Crippen molar-refractivity contribution in [1.82, 2.24) is 9.78 Å². The first-order valence-electron chi connectivity index (χ1n) is 4.48. The quantitative estimate of drug-likeness (QED) is 0.761. The van der Waals surface area contributed by atoms with Crippen LogP contribution in [0.25, 0.3) is 5.69 Å². The van der Waals surface area contributed by atoms with Crippen molar-refractivity contribution >= 4 is 0 Å². The van der Waals surface area contributed by atoms with Crippen molar-refractivity contribution in [2.75, 3.05) is 14.2 Å². The fourth-order valence-corrected chi connectivity index (χ4v) is 1.34. The zero-order chi connectivity index (χ0) is 10.7. The van der Waals surface area contributed by atoms with Crippen LogP contribution >= 0.6 is 0 Å². The minimum Gasteiger partial charge on any atom is -0.493 e. The summed E-state index contributed by atoms with van der Waals surface area (Å²) in [5.74, 6) is 1.39. The van der Waals surface area contributed by atoms with Gasteiger partial charge in [0.15, 0.2) is 11.5 Å². The second kappa shape index (κ2) is 4.04. The maximum Gasteiger partial charge on any atom is 0.162 e. The molecule has 1 aromatic carbocycles. The molecule has 0 saturated carbocycles. The number of rotatable bonds is 3. The van der Waals surface area contributed by atoms with E-state index in [4.69, 9.17) is 9.47 Å². The molecule has 77 valence electrons. The van der Waals surface area contributed by atoms with Crippen LogP contribution in [0.1, 0.15) is 0 Å². The molecule has 0 aliphatic rings. The third-order valence-corrected chi connectivity index (χ3v) is 2.09. The van der Waals surface area contributed by atoms with Crippen LogP contribution in [0.3, 0.4) is 0 Å². The summed E-state index contributed by atoms with van der Waals surface area (Å²) < 4.78 is 12.1. The first-order valence-corrected chi connectivity index (χ1v) is 4.48. The van der Waals surface area contributed by atoms with Crippen LogP contribution in [-0.4, -0.2) is 24.0 Å². The zero-order valence-electron chi connectivity index (χ0n) is 8.60. The molecule has 0 bridgehead atoms. The fourth-order valence-electron chi connectivity index (χ4n) is 1.34. The van der Waals surface area contributed by atoms with Crippen molar-refractivity contribution in [2.24, 2.45) is 0 Å². The Morgan fingerprint density at radius 3 is 2.60 bits per heavy atom. The van der Waals surface area contributed by atoms with Gasteiger partial charge in [0.05, 0.1) is 26.1 Å². The molecule has 0 unspecified atom stereocenters. The van der Waals surface area contributed by atoms with Crippen molar-refractivity contribution in [3.63, 3.8) is 0 Å². The molecule has 4 nitrogen and oxygen atoms in total. The summed E-state index contributed by atoms with van der Waals surface area (Å²) in [6.45, 7) is 0. The van der Waals surface area contributed by atoms with Crippen LogP contribution in [-0.2, 0) is 0 Å². The Balaban J connectivity index is 2.43. The predicted molar refractivity (Wildman–Crippen MR) is 55.5 cm³/mol. The number of hydrogen-bond donors (Lipinski definition) is 0. The molecule has 2 aromatic rings. The van der Waals surface area contributed by atoms with Gasteiger partial charge in [0.1, 0.15) is 0 Å². The minimum atomic E-state index is 0.686. The average Bonchev–Trinajstić information content (AvgIpc) is 2.81. The summed E-state index contributed by atoms with van der Waals surface area (Å²) in [5, 5.41) is 4.08. The summed E-state index contributed by atoms with van der Waals surface area (Å²) in [6.07, 6.45) is 3.36. The van der Waals surface area contributed by atoms with E-state index in [1.807, 2.05) is 18.2 Å². The lowest BCUT2D eigenvalue weighted by atomic mass is 10.3. The third kappa shape index (κ3) is 1.79. The molecule has 2 rings (SSSR count). The normalized spacial score (nSPS) is 10.0. The molecule has 4 heteroatoms. The molecule has 0 N–H and O–H groups in total. The van der Waals surface area contributed by atoms with Crippen LogP contribution in [0.4, 0.5) is 0 Å². The minimum absolute atomic E-state index is 0.686. The fraction of sp³-hybridized carbons (Fsp3) is 0.182. The zero-order valence-corrected chi connectivity index (χ0v) is 8.60. The maximum absolute atomic E-state index is 5.20. The molecular weight excluding hydrogens is 192 g/mol. The maximum atomic E-state index is 5.20. The second-order valence-electron chi connectivity index (χ2n) is 2.92.